The van der Waals surface area contributed by atoms with Gasteiger partial charge in [-0.25, -0.2) is 0 Å². The molecule has 0 aromatic heterocycles. The highest BCUT2D eigenvalue weighted by atomic mass is 16.3. The number of aliphatic hydroxyl groups excluding tert-OH is 1. The average molecular weight is 167 g/mol. The van der Waals surface area contributed by atoms with Crippen LogP contribution in [0, 0.1) is 17.8 Å². The van der Waals surface area contributed by atoms with E-state index >= 15 is 0 Å². The van der Waals surface area contributed by atoms with Gasteiger partial charge in [-0.15, -0.1) is 0 Å². The molecule has 1 aliphatic heterocycles. The van der Waals surface area contributed by atoms with Gasteiger partial charge in [0.25, 0.3) is 0 Å². The van der Waals surface area contributed by atoms with Crippen molar-refractivity contribution in [2.45, 2.75) is 19.9 Å². The van der Waals surface area contributed by atoms with Crippen LogP contribution in [0.15, 0.2) is 11.6 Å². The Bertz CT molecular complexity index is 212. The largest absolute Gasteiger partial charge is 0.396 e. The Kier molecular flexibility index (Phi) is 1.97. The molecule has 0 aromatic carbocycles. The zero-order valence-electron chi connectivity index (χ0n) is 7.75. The van der Waals surface area contributed by atoms with Gasteiger partial charge in [-0.2, -0.15) is 0 Å². The Morgan fingerprint density at radius 2 is 2.42 bits per heavy atom. The van der Waals surface area contributed by atoms with Crippen LogP contribution < -0.4 is 5.32 Å². The summed E-state index contributed by atoms with van der Waals surface area (Å²) in [5.74, 6) is 1.75. The minimum absolute atomic E-state index is 0.331. The fourth-order valence-electron chi connectivity index (χ4n) is 2.77. The summed E-state index contributed by atoms with van der Waals surface area (Å²) in [6, 6.07) is 0.455. The molecule has 0 amide bonds. The van der Waals surface area contributed by atoms with Crippen molar-refractivity contribution < 1.29 is 5.11 Å². The summed E-state index contributed by atoms with van der Waals surface area (Å²) in [6.45, 7) is 5.82. The summed E-state index contributed by atoms with van der Waals surface area (Å²) in [5, 5.41) is 12.7. The van der Waals surface area contributed by atoms with Gasteiger partial charge in [0.2, 0.25) is 0 Å². The molecule has 1 aliphatic carbocycles. The number of hydrogen-bond donors (Lipinski definition) is 2. The van der Waals surface area contributed by atoms with Crippen LogP contribution >= 0.6 is 0 Å². The average Bonchev–Trinajstić information content (AvgIpc) is 2.40. The van der Waals surface area contributed by atoms with Crippen molar-refractivity contribution in [1.29, 1.82) is 0 Å². The van der Waals surface area contributed by atoms with Crippen LogP contribution in [-0.4, -0.2) is 24.3 Å². The highest BCUT2D eigenvalue weighted by Gasteiger charge is 2.41. The second-order valence-electron chi connectivity index (χ2n) is 4.17. The Morgan fingerprint density at radius 3 is 3.08 bits per heavy atom. The van der Waals surface area contributed by atoms with E-state index in [-0.39, 0.29) is 0 Å². The lowest BCUT2D eigenvalue weighted by atomic mass is 9.75. The van der Waals surface area contributed by atoms with Crippen LogP contribution in [0.5, 0.6) is 0 Å². The lowest BCUT2D eigenvalue weighted by Crippen LogP contribution is -2.34. The van der Waals surface area contributed by atoms with Crippen LogP contribution in [0.2, 0.25) is 0 Å². The minimum Gasteiger partial charge on any atom is -0.396 e. The van der Waals surface area contributed by atoms with Crippen molar-refractivity contribution in [2.75, 3.05) is 13.2 Å². The van der Waals surface area contributed by atoms with Gasteiger partial charge in [0.05, 0.1) is 0 Å². The van der Waals surface area contributed by atoms with Gasteiger partial charge >= 0.3 is 0 Å². The molecular weight excluding hydrogens is 150 g/mol. The predicted molar refractivity (Wildman–Crippen MR) is 48.8 cm³/mol. The van der Waals surface area contributed by atoms with Gasteiger partial charge in [-0.1, -0.05) is 18.6 Å². The SMILES string of the molecule is CC1=CC(C)C2CNC1C2CO. The van der Waals surface area contributed by atoms with Gasteiger partial charge < -0.3 is 10.4 Å². The maximum Gasteiger partial charge on any atom is 0.0480 e. The minimum atomic E-state index is 0.331. The van der Waals surface area contributed by atoms with E-state index in [4.69, 9.17) is 0 Å². The first-order valence-electron chi connectivity index (χ1n) is 4.76. The van der Waals surface area contributed by atoms with E-state index in [0.29, 0.717) is 30.4 Å². The van der Waals surface area contributed by atoms with Gasteiger partial charge in [0.1, 0.15) is 0 Å². The normalized spacial score (nSPS) is 46.1. The van der Waals surface area contributed by atoms with Gasteiger partial charge in [0, 0.05) is 18.6 Å². The van der Waals surface area contributed by atoms with E-state index < -0.39 is 0 Å². The lowest BCUT2D eigenvalue weighted by Gasteiger charge is -2.30. The third kappa shape index (κ3) is 1.02. The lowest BCUT2D eigenvalue weighted by molar-refractivity contribution is 0.167. The summed E-state index contributed by atoms with van der Waals surface area (Å²) in [4.78, 5) is 0. The molecule has 2 heteroatoms. The number of fused-ring (bicyclic) bond motifs is 2. The number of rotatable bonds is 1. The summed E-state index contributed by atoms with van der Waals surface area (Å²) in [6.07, 6.45) is 2.35. The Balaban J connectivity index is 2.27. The van der Waals surface area contributed by atoms with Crippen LogP contribution in [0.3, 0.4) is 0 Å². The zero-order chi connectivity index (χ0) is 8.72. The van der Waals surface area contributed by atoms with Gasteiger partial charge in [0.15, 0.2) is 0 Å². The summed E-state index contributed by atoms with van der Waals surface area (Å²) in [7, 11) is 0. The highest BCUT2D eigenvalue weighted by Crippen LogP contribution is 2.37. The maximum atomic E-state index is 9.24. The molecule has 4 unspecified atom stereocenters. The smallest absolute Gasteiger partial charge is 0.0480 e. The molecule has 0 saturated carbocycles. The molecule has 0 spiro atoms. The summed E-state index contributed by atoms with van der Waals surface area (Å²) >= 11 is 0. The molecule has 0 aromatic rings. The topological polar surface area (TPSA) is 32.3 Å². The molecule has 0 radical (unpaired) electrons. The summed E-state index contributed by atoms with van der Waals surface area (Å²) < 4.78 is 0. The molecule has 68 valence electrons. The standard InChI is InChI=1S/C10H17NO/c1-6-3-7(2)10-9(5-12)8(6)4-11-10/h3,6,8-12H,4-5H2,1-2H3. The van der Waals surface area contributed by atoms with Crippen LogP contribution in [0.25, 0.3) is 0 Å². The highest BCUT2D eigenvalue weighted by molar-refractivity contribution is 5.20. The Morgan fingerprint density at radius 1 is 1.67 bits per heavy atom. The van der Waals surface area contributed by atoms with Crippen molar-refractivity contribution in [3.63, 3.8) is 0 Å². The molecule has 4 atom stereocenters. The quantitative estimate of drug-likeness (QED) is 0.566. The van der Waals surface area contributed by atoms with E-state index in [2.05, 4.69) is 25.2 Å². The van der Waals surface area contributed by atoms with Crippen molar-refractivity contribution >= 4 is 0 Å². The van der Waals surface area contributed by atoms with E-state index in [9.17, 15) is 5.11 Å². The molecule has 2 N–H and O–H groups in total. The Hall–Kier alpha value is -0.340. The molecular formula is C10H17NO. The summed E-state index contributed by atoms with van der Waals surface area (Å²) in [5.41, 5.74) is 1.41. The zero-order valence-corrected chi connectivity index (χ0v) is 7.75. The molecule has 2 rings (SSSR count). The van der Waals surface area contributed by atoms with Crippen LogP contribution in [0.4, 0.5) is 0 Å². The molecule has 1 fully saturated rings. The van der Waals surface area contributed by atoms with Crippen LogP contribution in [-0.2, 0) is 0 Å². The van der Waals surface area contributed by atoms with Crippen molar-refractivity contribution in [2.24, 2.45) is 17.8 Å². The molecule has 2 bridgehead atoms. The van der Waals surface area contributed by atoms with Crippen molar-refractivity contribution in [1.82, 2.24) is 5.32 Å². The van der Waals surface area contributed by atoms with E-state index in [1.165, 1.54) is 5.57 Å². The maximum absolute atomic E-state index is 9.24. The Labute approximate surface area is 73.7 Å². The number of hydrogen-bond acceptors (Lipinski definition) is 2. The van der Waals surface area contributed by atoms with Crippen LogP contribution in [0.1, 0.15) is 13.8 Å². The number of aliphatic hydroxyl groups is 1. The number of allylic oxidation sites excluding steroid dienone is 1. The fourth-order valence-corrected chi connectivity index (χ4v) is 2.77. The first kappa shape index (κ1) is 8.27. The predicted octanol–water partition coefficient (Wildman–Crippen LogP) is 0.779. The fraction of sp³-hybridized carbons (Fsp3) is 0.800. The molecule has 1 saturated heterocycles. The van der Waals surface area contributed by atoms with Gasteiger partial charge in [-0.3, -0.25) is 0 Å². The number of nitrogens with one attached hydrogen (secondary N) is 1. The van der Waals surface area contributed by atoms with Gasteiger partial charge in [-0.05, 0) is 25.3 Å². The van der Waals surface area contributed by atoms with Crippen molar-refractivity contribution in [3.8, 4) is 0 Å². The second kappa shape index (κ2) is 2.86. The van der Waals surface area contributed by atoms with E-state index in [1.54, 1.807) is 0 Å². The monoisotopic (exact) mass is 167 g/mol. The molecule has 2 aliphatic rings. The molecule has 2 nitrogen and oxygen atoms in total. The van der Waals surface area contributed by atoms with Crippen molar-refractivity contribution in [3.05, 3.63) is 11.6 Å². The first-order chi connectivity index (χ1) is 5.74. The first-order valence-corrected chi connectivity index (χ1v) is 4.76. The van der Waals surface area contributed by atoms with E-state index in [0.717, 1.165) is 6.54 Å². The molecule has 12 heavy (non-hydrogen) atoms. The third-order valence-corrected chi connectivity index (χ3v) is 3.45. The second-order valence-corrected chi connectivity index (χ2v) is 4.17. The third-order valence-electron chi connectivity index (χ3n) is 3.45. The van der Waals surface area contributed by atoms with E-state index in [1.807, 2.05) is 0 Å². The molecule has 1 heterocycles.